The molecule has 1 N–H and O–H groups in total. The molecule has 0 saturated carbocycles. The van der Waals surface area contributed by atoms with E-state index in [0.29, 0.717) is 6.42 Å². The summed E-state index contributed by atoms with van der Waals surface area (Å²) in [6.07, 6.45) is 3.61. The number of likely N-dealkylation sites (N-methyl/N-ethyl adjacent to an activating group) is 1. The van der Waals surface area contributed by atoms with Gasteiger partial charge in [0.25, 0.3) is 0 Å². The SMILES string of the molecule is CNCC1(CCSC(F)(F)F)CCCc2ccccc21. The molecular formula is C15H20F3NS. The lowest BCUT2D eigenvalue weighted by Crippen LogP contribution is -2.40. The van der Waals surface area contributed by atoms with Gasteiger partial charge in [-0.15, -0.1) is 0 Å². The first-order valence-corrected chi connectivity index (χ1v) is 7.89. The molecule has 1 aromatic carbocycles. The quantitative estimate of drug-likeness (QED) is 0.878. The predicted octanol–water partition coefficient (Wildman–Crippen LogP) is 4.12. The molecular weight excluding hydrogens is 283 g/mol. The molecule has 2 rings (SSSR count). The van der Waals surface area contributed by atoms with E-state index in [1.54, 1.807) is 0 Å². The first-order chi connectivity index (χ1) is 9.47. The smallest absolute Gasteiger partial charge is 0.319 e. The number of halogens is 3. The summed E-state index contributed by atoms with van der Waals surface area (Å²) in [6, 6.07) is 8.20. The number of alkyl halides is 3. The minimum atomic E-state index is -4.13. The van der Waals surface area contributed by atoms with Gasteiger partial charge in [-0.3, -0.25) is 0 Å². The van der Waals surface area contributed by atoms with E-state index in [4.69, 9.17) is 0 Å². The average molecular weight is 303 g/mol. The highest BCUT2D eigenvalue weighted by Gasteiger charge is 2.37. The van der Waals surface area contributed by atoms with Gasteiger partial charge >= 0.3 is 5.51 Å². The number of aryl methyl sites for hydroxylation is 1. The minimum absolute atomic E-state index is 0.0985. The van der Waals surface area contributed by atoms with Crippen molar-refractivity contribution in [1.82, 2.24) is 5.32 Å². The van der Waals surface area contributed by atoms with Gasteiger partial charge in [0, 0.05) is 17.7 Å². The third-order valence-electron chi connectivity index (χ3n) is 4.05. The lowest BCUT2D eigenvalue weighted by molar-refractivity contribution is -0.0328. The predicted molar refractivity (Wildman–Crippen MR) is 78.1 cm³/mol. The van der Waals surface area contributed by atoms with Crippen molar-refractivity contribution in [2.45, 2.75) is 36.6 Å². The molecule has 5 heteroatoms. The molecule has 112 valence electrons. The Morgan fingerprint density at radius 3 is 2.75 bits per heavy atom. The van der Waals surface area contributed by atoms with E-state index in [1.165, 1.54) is 11.1 Å². The maximum absolute atomic E-state index is 12.4. The van der Waals surface area contributed by atoms with E-state index in [0.717, 1.165) is 25.8 Å². The molecule has 1 atom stereocenters. The molecule has 0 radical (unpaired) electrons. The molecule has 0 amide bonds. The molecule has 0 saturated heterocycles. The normalized spacial score (nSPS) is 22.6. The average Bonchev–Trinajstić information content (AvgIpc) is 2.38. The number of fused-ring (bicyclic) bond motifs is 1. The van der Waals surface area contributed by atoms with Crippen molar-refractivity contribution in [3.8, 4) is 0 Å². The molecule has 0 heterocycles. The Hall–Kier alpha value is -0.680. The van der Waals surface area contributed by atoms with Crippen LogP contribution in [-0.2, 0) is 11.8 Å². The van der Waals surface area contributed by atoms with Crippen LogP contribution < -0.4 is 5.32 Å². The molecule has 20 heavy (non-hydrogen) atoms. The molecule has 0 aromatic heterocycles. The lowest BCUT2D eigenvalue weighted by atomic mass is 9.68. The highest BCUT2D eigenvalue weighted by Crippen LogP contribution is 2.42. The van der Waals surface area contributed by atoms with Crippen LogP contribution in [0.1, 0.15) is 30.4 Å². The van der Waals surface area contributed by atoms with E-state index in [-0.39, 0.29) is 22.9 Å². The first kappa shape index (κ1) is 15.7. The van der Waals surface area contributed by atoms with Gasteiger partial charge in [0.05, 0.1) is 0 Å². The fourth-order valence-corrected chi connectivity index (χ4v) is 3.96. The maximum Gasteiger partial charge on any atom is 0.441 e. The summed E-state index contributed by atoms with van der Waals surface area (Å²) in [5.41, 5.74) is -1.74. The third-order valence-corrected chi connectivity index (χ3v) is 4.79. The van der Waals surface area contributed by atoms with Crippen LogP contribution in [0.25, 0.3) is 0 Å². The number of nitrogens with one attached hydrogen (secondary N) is 1. The van der Waals surface area contributed by atoms with Crippen LogP contribution in [0, 0.1) is 0 Å². The molecule has 1 aliphatic carbocycles. The standard InChI is InChI=1S/C15H20F3NS/c1-19-11-14(9-10-20-15(16,17)18)8-4-6-12-5-2-3-7-13(12)14/h2-3,5,7,19H,4,6,8-11H2,1H3. The zero-order valence-electron chi connectivity index (χ0n) is 11.6. The van der Waals surface area contributed by atoms with Crippen molar-refractivity contribution in [2.75, 3.05) is 19.3 Å². The molecule has 1 aromatic rings. The second kappa shape index (κ2) is 6.39. The van der Waals surface area contributed by atoms with E-state index in [2.05, 4.69) is 17.4 Å². The van der Waals surface area contributed by atoms with Crippen LogP contribution in [0.2, 0.25) is 0 Å². The van der Waals surface area contributed by atoms with Gasteiger partial charge in [-0.05, 0) is 43.9 Å². The second-order valence-electron chi connectivity index (χ2n) is 5.37. The highest BCUT2D eigenvalue weighted by molar-refractivity contribution is 8.00. The summed E-state index contributed by atoms with van der Waals surface area (Å²) in [7, 11) is 1.87. The van der Waals surface area contributed by atoms with Gasteiger partial charge in [0.1, 0.15) is 0 Å². The molecule has 0 spiro atoms. The van der Waals surface area contributed by atoms with E-state index in [9.17, 15) is 13.2 Å². The molecule has 1 nitrogen and oxygen atoms in total. The van der Waals surface area contributed by atoms with Gasteiger partial charge in [0.2, 0.25) is 0 Å². The van der Waals surface area contributed by atoms with E-state index >= 15 is 0 Å². The van der Waals surface area contributed by atoms with Crippen molar-refractivity contribution in [3.63, 3.8) is 0 Å². The Labute approximate surface area is 122 Å². The monoisotopic (exact) mass is 303 g/mol. The van der Waals surface area contributed by atoms with Gasteiger partial charge in [-0.1, -0.05) is 36.0 Å². The van der Waals surface area contributed by atoms with Gasteiger partial charge in [-0.25, -0.2) is 0 Å². The summed E-state index contributed by atoms with van der Waals surface area (Å²) in [4.78, 5) is 0. The van der Waals surface area contributed by atoms with Crippen LogP contribution in [0.3, 0.4) is 0 Å². The zero-order chi connectivity index (χ0) is 14.6. The lowest BCUT2D eigenvalue weighted by Gasteiger charge is -2.39. The number of thioether (sulfide) groups is 1. The number of hydrogen-bond acceptors (Lipinski definition) is 2. The number of hydrogen-bond donors (Lipinski definition) is 1. The molecule has 0 aliphatic heterocycles. The van der Waals surface area contributed by atoms with Crippen molar-refractivity contribution in [2.24, 2.45) is 0 Å². The zero-order valence-corrected chi connectivity index (χ0v) is 12.4. The number of benzene rings is 1. The van der Waals surface area contributed by atoms with Crippen LogP contribution in [-0.4, -0.2) is 24.9 Å². The van der Waals surface area contributed by atoms with Crippen LogP contribution >= 0.6 is 11.8 Å². The third kappa shape index (κ3) is 3.70. The highest BCUT2D eigenvalue weighted by atomic mass is 32.2. The van der Waals surface area contributed by atoms with Crippen LogP contribution in [0.15, 0.2) is 24.3 Å². The van der Waals surface area contributed by atoms with Gasteiger partial charge in [0.15, 0.2) is 0 Å². The summed E-state index contributed by atoms with van der Waals surface area (Å²) < 4.78 is 37.1. The largest absolute Gasteiger partial charge is 0.441 e. The Kier molecular flexibility index (Phi) is 5.02. The van der Waals surface area contributed by atoms with Crippen molar-refractivity contribution in [1.29, 1.82) is 0 Å². The fraction of sp³-hybridized carbons (Fsp3) is 0.600. The fourth-order valence-electron chi connectivity index (χ4n) is 3.24. The van der Waals surface area contributed by atoms with Crippen molar-refractivity contribution < 1.29 is 13.2 Å². The van der Waals surface area contributed by atoms with Gasteiger partial charge in [-0.2, -0.15) is 13.2 Å². The maximum atomic E-state index is 12.4. The van der Waals surface area contributed by atoms with Crippen LogP contribution in [0.5, 0.6) is 0 Å². The van der Waals surface area contributed by atoms with Crippen molar-refractivity contribution >= 4 is 11.8 Å². The minimum Gasteiger partial charge on any atom is -0.319 e. The Balaban J connectivity index is 2.18. The summed E-state index contributed by atoms with van der Waals surface area (Å²) >= 11 is 0.0985. The summed E-state index contributed by atoms with van der Waals surface area (Å²) in [6.45, 7) is 0.739. The Bertz CT molecular complexity index is 447. The first-order valence-electron chi connectivity index (χ1n) is 6.90. The van der Waals surface area contributed by atoms with E-state index < -0.39 is 5.51 Å². The summed E-state index contributed by atoms with van der Waals surface area (Å²) in [5, 5.41) is 3.18. The molecule has 1 aliphatic rings. The Morgan fingerprint density at radius 2 is 2.05 bits per heavy atom. The van der Waals surface area contributed by atoms with Crippen molar-refractivity contribution in [3.05, 3.63) is 35.4 Å². The second-order valence-corrected chi connectivity index (χ2v) is 6.53. The molecule has 1 unspecified atom stereocenters. The topological polar surface area (TPSA) is 12.0 Å². The Morgan fingerprint density at radius 1 is 1.30 bits per heavy atom. The van der Waals surface area contributed by atoms with Crippen LogP contribution in [0.4, 0.5) is 13.2 Å². The molecule has 0 fully saturated rings. The van der Waals surface area contributed by atoms with E-state index in [1.807, 2.05) is 19.2 Å². The number of rotatable bonds is 5. The summed E-state index contributed by atoms with van der Waals surface area (Å²) in [5.74, 6) is 0.125. The molecule has 0 bridgehead atoms. The van der Waals surface area contributed by atoms with Gasteiger partial charge < -0.3 is 5.32 Å².